The van der Waals surface area contributed by atoms with Crippen LogP contribution in [0.5, 0.6) is 0 Å². The number of carbonyl (C=O) groups excluding carboxylic acids is 1. The van der Waals surface area contributed by atoms with E-state index in [0.717, 1.165) is 18.3 Å². The second-order valence-corrected chi connectivity index (χ2v) is 5.35. The molecule has 1 heterocycles. The molecule has 110 valence electrons. The summed E-state index contributed by atoms with van der Waals surface area (Å²) in [4.78, 5) is 22.7. The van der Waals surface area contributed by atoms with Crippen molar-refractivity contribution >= 4 is 12.3 Å². The smallest absolute Gasteiger partial charge is 0.352 e. The van der Waals surface area contributed by atoms with Crippen LogP contribution in [0.4, 0.5) is 0 Å². The maximum atomic E-state index is 11.4. The molecule has 1 unspecified atom stereocenters. The van der Waals surface area contributed by atoms with Gasteiger partial charge in [0.1, 0.15) is 5.69 Å². The molecule has 1 aromatic heterocycles. The van der Waals surface area contributed by atoms with Crippen molar-refractivity contribution in [1.29, 1.82) is 0 Å². The third kappa shape index (κ3) is 2.75. The van der Waals surface area contributed by atoms with Gasteiger partial charge in [0.15, 0.2) is 6.29 Å². The van der Waals surface area contributed by atoms with E-state index in [4.69, 9.17) is 0 Å². The van der Waals surface area contributed by atoms with Crippen molar-refractivity contribution in [3.63, 3.8) is 0 Å². The normalized spacial score (nSPS) is 12.1. The summed E-state index contributed by atoms with van der Waals surface area (Å²) < 4.78 is 1.47. The Hall–Kier alpha value is -2.36. The fraction of sp³-hybridized carbons (Fsp3) is 0.294. The van der Waals surface area contributed by atoms with Crippen molar-refractivity contribution in [2.75, 3.05) is 0 Å². The first-order chi connectivity index (χ1) is 9.97. The van der Waals surface area contributed by atoms with Gasteiger partial charge in [-0.2, -0.15) is 0 Å². The van der Waals surface area contributed by atoms with Gasteiger partial charge in [-0.05, 0) is 36.0 Å². The molecule has 0 amide bonds. The zero-order chi connectivity index (χ0) is 15.6. The molecule has 21 heavy (non-hydrogen) atoms. The number of carboxylic acid groups (broad SMARTS) is 1. The van der Waals surface area contributed by atoms with Crippen LogP contribution in [0.15, 0.2) is 30.3 Å². The van der Waals surface area contributed by atoms with Gasteiger partial charge in [0, 0.05) is 7.05 Å². The highest BCUT2D eigenvalue weighted by atomic mass is 16.4. The predicted molar refractivity (Wildman–Crippen MR) is 81.1 cm³/mol. The first-order valence-corrected chi connectivity index (χ1v) is 6.89. The van der Waals surface area contributed by atoms with E-state index < -0.39 is 5.97 Å². The molecule has 4 heteroatoms. The number of carbonyl (C=O) groups is 2. The van der Waals surface area contributed by atoms with Crippen molar-refractivity contribution in [3.8, 4) is 0 Å². The van der Waals surface area contributed by atoms with Gasteiger partial charge in [0.2, 0.25) is 0 Å². The molecule has 0 spiro atoms. The van der Waals surface area contributed by atoms with Crippen LogP contribution in [0.1, 0.15) is 50.5 Å². The summed E-state index contributed by atoms with van der Waals surface area (Å²) >= 11 is 0. The maximum Gasteiger partial charge on any atom is 0.352 e. The minimum Gasteiger partial charge on any atom is -0.477 e. The summed E-state index contributed by atoms with van der Waals surface area (Å²) in [6.45, 7) is 3.79. The highest BCUT2D eigenvalue weighted by Crippen LogP contribution is 2.30. The van der Waals surface area contributed by atoms with E-state index in [1.54, 1.807) is 14.0 Å². The van der Waals surface area contributed by atoms with Crippen LogP contribution in [-0.4, -0.2) is 21.9 Å². The number of hydrogen-bond acceptors (Lipinski definition) is 2. The van der Waals surface area contributed by atoms with E-state index in [1.165, 1.54) is 10.1 Å². The molecular weight excluding hydrogens is 266 g/mol. The Labute approximate surface area is 124 Å². The van der Waals surface area contributed by atoms with Crippen molar-refractivity contribution in [2.24, 2.45) is 7.05 Å². The quantitative estimate of drug-likeness (QED) is 0.858. The third-order valence-electron chi connectivity index (χ3n) is 3.92. The van der Waals surface area contributed by atoms with Gasteiger partial charge in [-0.1, -0.05) is 37.3 Å². The van der Waals surface area contributed by atoms with Crippen LogP contribution in [0.2, 0.25) is 0 Å². The fourth-order valence-electron chi connectivity index (χ4n) is 3.01. The number of aldehydes is 1. The molecule has 0 saturated carbocycles. The Balaban J connectivity index is 2.45. The SMILES string of the molecule is Cc1c(C(C)Cc2ccccc2)c(C=O)n(C)c1C(=O)O. The van der Waals surface area contributed by atoms with Crippen LogP contribution in [0, 0.1) is 6.92 Å². The van der Waals surface area contributed by atoms with E-state index in [9.17, 15) is 14.7 Å². The zero-order valence-corrected chi connectivity index (χ0v) is 12.5. The highest BCUT2D eigenvalue weighted by Gasteiger charge is 2.25. The van der Waals surface area contributed by atoms with Gasteiger partial charge in [-0.25, -0.2) is 4.79 Å². The van der Waals surface area contributed by atoms with Gasteiger partial charge in [-0.3, -0.25) is 4.79 Å². The number of nitrogens with zero attached hydrogens (tertiary/aromatic N) is 1. The number of rotatable bonds is 5. The van der Waals surface area contributed by atoms with Crippen molar-refractivity contribution in [1.82, 2.24) is 4.57 Å². The standard InChI is InChI=1S/C17H19NO3/c1-11(9-13-7-5-4-6-8-13)15-12(2)16(17(20)21)18(3)14(15)10-19/h4-8,10-11H,9H2,1-3H3,(H,20,21). The number of carboxylic acids is 1. The van der Waals surface area contributed by atoms with E-state index >= 15 is 0 Å². The van der Waals surface area contributed by atoms with Crippen LogP contribution in [-0.2, 0) is 13.5 Å². The first-order valence-electron chi connectivity index (χ1n) is 6.89. The molecule has 4 nitrogen and oxygen atoms in total. The van der Waals surface area contributed by atoms with E-state index in [-0.39, 0.29) is 11.6 Å². The van der Waals surface area contributed by atoms with E-state index in [2.05, 4.69) is 0 Å². The molecule has 0 bridgehead atoms. The van der Waals surface area contributed by atoms with Gasteiger partial charge in [0.05, 0.1) is 5.69 Å². The van der Waals surface area contributed by atoms with Crippen LogP contribution in [0.25, 0.3) is 0 Å². The fourth-order valence-corrected chi connectivity index (χ4v) is 3.01. The van der Waals surface area contributed by atoms with Crippen molar-refractivity contribution < 1.29 is 14.7 Å². The van der Waals surface area contributed by atoms with Crippen molar-refractivity contribution in [3.05, 3.63) is 58.4 Å². The Morgan fingerprint density at radius 1 is 1.33 bits per heavy atom. The lowest BCUT2D eigenvalue weighted by atomic mass is 9.91. The summed E-state index contributed by atoms with van der Waals surface area (Å²) in [6, 6.07) is 9.98. The predicted octanol–water partition coefficient (Wildman–Crippen LogP) is 3.19. The largest absolute Gasteiger partial charge is 0.477 e. The number of benzene rings is 1. The molecule has 0 aliphatic heterocycles. The lowest BCUT2D eigenvalue weighted by Gasteiger charge is -2.13. The van der Waals surface area contributed by atoms with E-state index in [1.807, 2.05) is 37.3 Å². The Morgan fingerprint density at radius 2 is 1.95 bits per heavy atom. The Kier molecular flexibility index (Phi) is 4.26. The monoisotopic (exact) mass is 285 g/mol. The lowest BCUT2D eigenvalue weighted by molar-refractivity contribution is 0.0685. The maximum absolute atomic E-state index is 11.4. The minimum absolute atomic E-state index is 0.0758. The highest BCUT2D eigenvalue weighted by molar-refractivity contribution is 5.91. The van der Waals surface area contributed by atoms with Crippen molar-refractivity contribution in [2.45, 2.75) is 26.2 Å². The van der Waals surface area contributed by atoms with Gasteiger partial charge < -0.3 is 9.67 Å². The summed E-state index contributed by atoms with van der Waals surface area (Å²) in [6.07, 6.45) is 1.52. The summed E-state index contributed by atoms with van der Waals surface area (Å²) in [5.41, 5.74) is 3.31. The van der Waals surface area contributed by atoms with Gasteiger partial charge in [-0.15, -0.1) is 0 Å². The minimum atomic E-state index is -1.00. The molecule has 1 atom stereocenters. The second kappa shape index (κ2) is 5.95. The molecule has 0 radical (unpaired) electrons. The zero-order valence-electron chi connectivity index (χ0n) is 12.5. The lowest BCUT2D eigenvalue weighted by Crippen LogP contribution is -2.07. The van der Waals surface area contributed by atoms with Gasteiger partial charge in [0.25, 0.3) is 0 Å². The average Bonchev–Trinajstić information content (AvgIpc) is 2.70. The number of aromatic nitrogens is 1. The number of aromatic carboxylic acids is 1. The molecular formula is C17H19NO3. The summed E-state index contributed by atoms with van der Waals surface area (Å²) in [5.74, 6) is -0.928. The molecule has 0 saturated heterocycles. The van der Waals surface area contributed by atoms with Crippen LogP contribution in [0.3, 0.4) is 0 Å². The topological polar surface area (TPSA) is 59.3 Å². The average molecular weight is 285 g/mol. The first kappa shape index (κ1) is 15.0. The Bertz CT molecular complexity index is 671. The number of hydrogen-bond donors (Lipinski definition) is 1. The Morgan fingerprint density at radius 3 is 2.48 bits per heavy atom. The van der Waals surface area contributed by atoms with Crippen LogP contribution < -0.4 is 0 Å². The summed E-state index contributed by atoms with van der Waals surface area (Å²) in [7, 11) is 1.62. The molecule has 2 rings (SSSR count). The van der Waals surface area contributed by atoms with Crippen LogP contribution >= 0.6 is 0 Å². The van der Waals surface area contributed by atoms with E-state index in [0.29, 0.717) is 11.3 Å². The summed E-state index contributed by atoms with van der Waals surface area (Å²) in [5, 5.41) is 9.31. The third-order valence-corrected chi connectivity index (χ3v) is 3.92. The molecule has 0 fully saturated rings. The molecule has 1 N–H and O–H groups in total. The second-order valence-electron chi connectivity index (χ2n) is 5.35. The molecule has 0 aliphatic carbocycles. The van der Waals surface area contributed by atoms with Gasteiger partial charge >= 0.3 is 5.97 Å². The molecule has 1 aromatic carbocycles. The molecule has 2 aromatic rings. The molecule has 0 aliphatic rings.